The summed E-state index contributed by atoms with van der Waals surface area (Å²) in [6, 6.07) is 5.13. The lowest BCUT2D eigenvalue weighted by Crippen LogP contribution is -2.09. The Balaban J connectivity index is 3.00. The van der Waals surface area contributed by atoms with E-state index in [1.165, 1.54) is 0 Å². The molecule has 0 fully saturated rings. The molecule has 0 saturated heterocycles. The highest BCUT2D eigenvalue weighted by Crippen LogP contribution is 2.31. The van der Waals surface area contributed by atoms with Gasteiger partial charge in [-0.3, -0.25) is 5.84 Å². The largest absolute Gasteiger partial charge is 0.461 e. The van der Waals surface area contributed by atoms with E-state index in [9.17, 15) is 4.39 Å². The Bertz CT molecular complexity index is 270. The van der Waals surface area contributed by atoms with E-state index in [1.54, 1.807) is 18.2 Å². The first-order valence-corrected chi connectivity index (χ1v) is 4.02. The molecule has 1 rings (SSSR count). The lowest BCUT2D eigenvalue weighted by molar-refractivity contribution is 0.192. The number of nitrogens with one attached hydrogen (secondary N) is 1. The van der Waals surface area contributed by atoms with Crippen LogP contribution in [0.3, 0.4) is 0 Å². The van der Waals surface area contributed by atoms with E-state index in [-0.39, 0.29) is 0 Å². The summed E-state index contributed by atoms with van der Waals surface area (Å²) in [5, 5.41) is 0. The molecular weight excluding hydrogens is 227 g/mol. The van der Waals surface area contributed by atoms with Crippen LogP contribution < -0.4 is 16.0 Å². The second-order valence-electron chi connectivity index (χ2n) is 2.01. The predicted octanol–water partition coefficient (Wildman–Crippen LogP) is 2.04. The molecule has 0 aliphatic rings. The van der Waals surface area contributed by atoms with Gasteiger partial charge in [-0.05, 0) is 28.1 Å². The van der Waals surface area contributed by atoms with Crippen molar-refractivity contribution in [1.29, 1.82) is 0 Å². The highest BCUT2D eigenvalue weighted by atomic mass is 79.9. The van der Waals surface area contributed by atoms with Gasteiger partial charge in [-0.15, -0.1) is 0 Å². The summed E-state index contributed by atoms with van der Waals surface area (Å²) in [5.74, 6) is 5.58. The van der Waals surface area contributed by atoms with Crippen LogP contribution in [0.15, 0.2) is 22.7 Å². The molecule has 3 nitrogen and oxygen atoms in total. The predicted molar refractivity (Wildman–Crippen MR) is 48.6 cm³/mol. The first-order chi connectivity index (χ1) is 5.79. The topological polar surface area (TPSA) is 47.3 Å². The number of para-hydroxylation sites is 1. The van der Waals surface area contributed by atoms with E-state index in [4.69, 9.17) is 5.84 Å². The van der Waals surface area contributed by atoms with Gasteiger partial charge in [0.05, 0.1) is 0 Å². The Labute approximate surface area is 77.8 Å². The van der Waals surface area contributed by atoms with Crippen LogP contribution in [0.2, 0.25) is 0 Å². The molecular formula is C7H8BrFN2O. The molecule has 0 amide bonds. The van der Waals surface area contributed by atoms with Gasteiger partial charge in [-0.1, -0.05) is 6.07 Å². The molecule has 5 heteroatoms. The zero-order chi connectivity index (χ0) is 8.97. The molecule has 0 unspecified atom stereocenters. The number of anilines is 1. The molecule has 0 saturated carbocycles. The Morgan fingerprint density at radius 1 is 1.58 bits per heavy atom. The molecule has 0 atom stereocenters. The number of hydrogen-bond donors (Lipinski definition) is 2. The fourth-order valence-electron chi connectivity index (χ4n) is 0.823. The number of ether oxygens (including phenoxy) is 1. The lowest BCUT2D eigenvalue weighted by Gasteiger charge is -2.09. The maximum atomic E-state index is 11.8. The minimum atomic E-state index is -0.870. The van der Waals surface area contributed by atoms with Gasteiger partial charge in [0.1, 0.15) is 11.4 Å². The number of hydrogen-bond acceptors (Lipinski definition) is 3. The second kappa shape index (κ2) is 4.27. The average Bonchev–Trinajstić information content (AvgIpc) is 2.05. The molecule has 0 heterocycles. The number of hydrazine groups is 1. The van der Waals surface area contributed by atoms with Gasteiger partial charge in [0.15, 0.2) is 0 Å². The highest BCUT2D eigenvalue weighted by Gasteiger charge is 2.04. The molecule has 3 N–H and O–H groups in total. The van der Waals surface area contributed by atoms with E-state index in [2.05, 4.69) is 26.1 Å². The van der Waals surface area contributed by atoms with Crippen molar-refractivity contribution < 1.29 is 9.13 Å². The maximum Gasteiger partial charge on any atom is 0.228 e. The summed E-state index contributed by atoms with van der Waals surface area (Å²) in [6.07, 6.45) is 0. The zero-order valence-electron chi connectivity index (χ0n) is 6.18. The van der Waals surface area contributed by atoms with Gasteiger partial charge >= 0.3 is 0 Å². The molecule has 0 spiro atoms. The Morgan fingerprint density at radius 3 is 2.92 bits per heavy atom. The van der Waals surface area contributed by atoms with Crippen molar-refractivity contribution in [3.8, 4) is 5.75 Å². The number of rotatable bonds is 3. The Kier molecular flexibility index (Phi) is 3.31. The average molecular weight is 235 g/mol. The fraction of sp³-hybridized carbons (Fsp3) is 0.143. The minimum Gasteiger partial charge on any atom is -0.461 e. The van der Waals surface area contributed by atoms with Crippen molar-refractivity contribution in [2.45, 2.75) is 0 Å². The minimum absolute atomic E-state index is 0.384. The van der Waals surface area contributed by atoms with Gasteiger partial charge in [0.2, 0.25) is 6.86 Å². The summed E-state index contributed by atoms with van der Waals surface area (Å²) in [7, 11) is 0. The van der Waals surface area contributed by atoms with Crippen molar-refractivity contribution in [3.63, 3.8) is 0 Å². The standard InChI is InChI=1S/C7H8BrFN2O/c8-5-2-1-3-6(12-4-9)7(5)11-10/h1-3,11H,4,10H2. The van der Waals surface area contributed by atoms with Crippen molar-refractivity contribution in [2.75, 3.05) is 12.3 Å². The summed E-state index contributed by atoms with van der Waals surface area (Å²) in [6.45, 7) is -0.870. The number of halogens is 2. The van der Waals surface area contributed by atoms with Gasteiger partial charge in [0.25, 0.3) is 0 Å². The third kappa shape index (κ3) is 1.86. The van der Waals surface area contributed by atoms with Crippen LogP contribution in [0.4, 0.5) is 10.1 Å². The van der Waals surface area contributed by atoms with E-state index in [0.717, 1.165) is 4.47 Å². The Hall–Kier alpha value is -0.810. The van der Waals surface area contributed by atoms with Crippen LogP contribution in [0.1, 0.15) is 0 Å². The van der Waals surface area contributed by atoms with Crippen LogP contribution in [0.25, 0.3) is 0 Å². The van der Waals surface area contributed by atoms with Crippen LogP contribution in [0.5, 0.6) is 5.75 Å². The number of benzene rings is 1. The molecule has 12 heavy (non-hydrogen) atoms. The summed E-state index contributed by atoms with van der Waals surface area (Å²) < 4.78 is 17.2. The molecule has 0 aromatic heterocycles. The van der Waals surface area contributed by atoms with Crippen molar-refractivity contribution >= 4 is 21.6 Å². The van der Waals surface area contributed by atoms with Crippen LogP contribution in [-0.4, -0.2) is 6.86 Å². The molecule has 66 valence electrons. The third-order valence-electron chi connectivity index (χ3n) is 1.33. The number of nitrogen functional groups attached to an aromatic ring is 1. The SMILES string of the molecule is NNc1c(Br)cccc1OCF. The van der Waals surface area contributed by atoms with E-state index < -0.39 is 6.86 Å². The molecule has 1 aromatic rings. The molecule has 1 aromatic carbocycles. The smallest absolute Gasteiger partial charge is 0.228 e. The summed E-state index contributed by atoms with van der Waals surface area (Å²) in [4.78, 5) is 0. The van der Waals surface area contributed by atoms with Gasteiger partial charge in [0, 0.05) is 4.47 Å². The van der Waals surface area contributed by atoms with Crippen LogP contribution in [-0.2, 0) is 0 Å². The zero-order valence-corrected chi connectivity index (χ0v) is 7.77. The maximum absolute atomic E-state index is 11.8. The quantitative estimate of drug-likeness (QED) is 0.622. The summed E-state index contributed by atoms with van der Waals surface area (Å²) in [5.41, 5.74) is 2.95. The normalized spacial score (nSPS) is 9.58. The van der Waals surface area contributed by atoms with Crippen molar-refractivity contribution in [1.82, 2.24) is 0 Å². The van der Waals surface area contributed by atoms with Crippen LogP contribution >= 0.6 is 15.9 Å². The molecule has 0 aliphatic carbocycles. The van der Waals surface area contributed by atoms with E-state index in [0.29, 0.717) is 11.4 Å². The molecule has 0 radical (unpaired) electrons. The van der Waals surface area contributed by atoms with Crippen LogP contribution in [0, 0.1) is 0 Å². The highest BCUT2D eigenvalue weighted by molar-refractivity contribution is 9.10. The first-order valence-electron chi connectivity index (χ1n) is 3.23. The van der Waals surface area contributed by atoms with Crippen molar-refractivity contribution in [2.24, 2.45) is 5.84 Å². The van der Waals surface area contributed by atoms with E-state index in [1.807, 2.05) is 0 Å². The number of alkyl halides is 1. The lowest BCUT2D eigenvalue weighted by atomic mass is 10.3. The van der Waals surface area contributed by atoms with Gasteiger partial charge < -0.3 is 10.2 Å². The van der Waals surface area contributed by atoms with Gasteiger partial charge in [-0.25, -0.2) is 4.39 Å². The van der Waals surface area contributed by atoms with E-state index >= 15 is 0 Å². The van der Waals surface area contributed by atoms with Gasteiger partial charge in [-0.2, -0.15) is 0 Å². The summed E-state index contributed by atoms with van der Waals surface area (Å²) >= 11 is 3.23. The molecule has 0 aliphatic heterocycles. The molecule has 0 bridgehead atoms. The fourth-order valence-corrected chi connectivity index (χ4v) is 1.29. The third-order valence-corrected chi connectivity index (χ3v) is 1.99. The van der Waals surface area contributed by atoms with Crippen molar-refractivity contribution in [3.05, 3.63) is 22.7 Å². The first kappa shape index (κ1) is 9.28. The monoisotopic (exact) mass is 234 g/mol. The second-order valence-corrected chi connectivity index (χ2v) is 2.87. The number of nitrogens with two attached hydrogens (primary N) is 1. The Morgan fingerprint density at radius 2 is 2.33 bits per heavy atom.